The van der Waals surface area contributed by atoms with Crippen molar-refractivity contribution >= 4 is 21.7 Å². The van der Waals surface area contributed by atoms with Crippen molar-refractivity contribution in [1.29, 1.82) is 0 Å². The molecule has 0 aliphatic carbocycles. The van der Waals surface area contributed by atoms with Gasteiger partial charge in [0.25, 0.3) is 16.0 Å². The number of benzene rings is 2. The van der Waals surface area contributed by atoms with Gasteiger partial charge < -0.3 is 0 Å². The maximum absolute atomic E-state index is 12.4. The predicted octanol–water partition coefficient (Wildman–Crippen LogP) is 2.12. The molecule has 2 aromatic rings. The van der Waals surface area contributed by atoms with E-state index in [4.69, 9.17) is 4.18 Å². The number of hydrogen-bond donors (Lipinski definition) is 0. The lowest BCUT2D eigenvalue weighted by Gasteiger charge is -2.46. The molecule has 1 saturated heterocycles. The van der Waals surface area contributed by atoms with Gasteiger partial charge in [0.05, 0.1) is 12.3 Å². The molecule has 1 aliphatic heterocycles. The summed E-state index contributed by atoms with van der Waals surface area (Å²) >= 11 is 0. The van der Waals surface area contributed by atoms with Crippen molar-refractivity contribution < 1.29 is 17.4 Å². The van der Waals surface area contributed by atoms with Gasteiger partial charge in [-0.05, 0) is 17.7 Å². The Labute approximate surface area is 129 Å². The second kappa shape index (κ2) is 5.55. The molecular weight excluding hydrogens is 302 g/mol. The smallest absolute Gasteiger partial charge is 0.265 e. The molecule has 0 saturated carbocycles. The molecule has 3 rings (SSSR count). The third-order valence-corrected chi connectivity index (χ3v) is 4.06. The number of amides is 1. The van der Waals surface area contributed by atoms with Crippen LogP contribution in [0.2, 0.25) is 0 Å². The summed E-state index contributed by atoms with van der Waals surface area (Å²) in [5.74, 6) is -0.356. The summed E-state index contributed by atoms with van der Waals surface area (Å²) in [5, 5.41) is 0. The maximum Gasteiger partial charge on any atom is 0.265 e. The van der Waals surface area contributed by atoms with E-state index < -0.39 is 22.3 Å². The highest BCUT2D eigenvalue weighted by atomic mass is 32.2. The summed E-state index contributed by atoms with van der Waals surface area (Å²) in [5.41, 5.74) is 1.55. The Morgan fingerprint density at radius 1 is 0.955 bits per heavy atom. The zero-order valence-corrected chi connectivity index (χ0v) is 12.7. The average molecular weight is 317 g/mol. The minimum Gasteiger partial charge on any atom is -0.299 e. The summed E-state index contributed by atoms with van der Waals surface area (Å²) in [6.07, 6.45) is -0.0642. The average Bonchev–Trinajstić information content (AvgIpc) is 2.51. The lowest BCUT2D eigenvalue weighted by Crippen LogP contribution is -2.60. The number of para-hydroxylation sites is 1. The van der Waals surface area contributed by atoms with Gasteiger partial charge in [-0.2, -0.15) is 8.42 Å². The summed E-state index contributed by atoms with van der Waals surface area (Å²) in [6, 6.07) is 17.9. The van der Waals surface area contributed by atoms with E-state index >= 15 is 0 Å². The van der Waals surface area contributed by atoms with E-state index in [2.05, 4.69) is 0 Å². The van der Waals surface area contributed by atoms with E-state index in [-0.39, 0.29) is 5.91 Å². The Morgan fingerprint density at radius 2 is 1.50 bits per heavy atom. The molecule has 0 radical (unpaired) electrons. The molecule has 0 aromatic heterocycles. The van der Waals surface area contributed by atoms with Crippen LogP contribution in [0.4, 0.5) is 5.69 Å². The number of nitrogens with zero attached hydrogens (tertiary/aromatic N) is 1. The van der Waals surface area contributed by atoms with Crippen LogP contribution in [0.1, 0.15) is 11.6 Å². The number of anilines is 1. The molecule has 0 spiro atoms. The molecule has 1 heterocycles. The minimum atomic E-state index is -3.71. The van der Waals surface area contributed by atoms with Crippen LogP contribution in [0.3, 0.4) is 0 Å². The van der Waals surface area contributed by atoms with Gasteiger partial charge in [-0.1, -0.05) is 48.5 Å². The van der Waals surface area contributed by atoms with Gasteiger partial charge in [0.1, 0.15) is 0 Å². The van der Waals surface area contributed by atoms with Crippen molar-refractivity contribution in [1.82, 2.24) is 0 Å². The van der Waals surface area contributed by atoms with E-state index in [1.807, 2.05) is 60.7 Å². The first-order valence-corrected chi connectivity index (χ1v) is 8.60. The number of carbonyl (C=O) groups is 1. The number of rotatable bonds is 4. The van der Waals surface area contributed by atoms with Crippen molar-refractivity contribution in [3.63, 3.8) is 0 Å². The molecule has 114 valence electrons. The standard InChI is InChI=1S/C16H15NO4S/c1-22(19,20)21-15-14(12-8-4-2-5-9-12)17(16(15)18)13-10-6-3-7-11-13/h2-11,14-15H,1H3/t14-,15+/m1/s1. The highest BCUT2D eigenvalue weighted by molar-refractivity contribution is 7.86. The van der Waals surface area contributed by atoms with Gasteiger partial charge in [-0.15, -0.1) is 0 Å². The van der Waals surface area contributed by atoms with Gasteiger partial charge in [0.15, 0.2) is 6.10 Å². The second-order valence-corrected chi connectivity index (χ2v) is 6.72. The van der Waals surface area contributed by atoms with Gasteiger partial charge in [0.2, 0.25) is 0 Å². The normalized spacial score (nSPS) is 21.5. The zero-order chi connectivity index (χ0) is 15.7. The van der Waals surface area contributed by atoms with E-state index in [1.165, 1.54) is 0 Å². The molecule has 6 heteroatoms. The molecule has 2 aromatic carbocycles. The summed E-state index contributed by atoms with van der Waals surface area (Å²) in [4.78, 5) is 13.9. The Bertz CT molecular complexity index is 774. The lowest BCUT2D eigenvalue weighted by molar-refractivity contribution is -0.134. The fourth-order valence-corrected chi connectivity index (χ4v) is 3.16. The molecule has 2 atom stereocenters. The van der Waals surface area contributed by atoms with Crippen LogP contribution in [0.25, 0.3) is 0 Å². The molecule has 1 aliphatic rings. The van der Waals surface area contributed by atoms with E-state index in [0.717, 1.165) is 17.5 Å². The van der Waals surface area contributed by atoms with Crippen LogP contribution in [0, 0.1) is 0 Å². The zero-order valence-electron chi connectivity index (χ0n) is 11.9. The quantitative estimate of drug-likeness (QED) is 0.640. The van der Waals surface area contributed by atoms with E-state index in [1.54, 1.807) is 4.90 Å². The summed E-state index contributed by atoms with van der Waals surface area (Å²) in [7, 11) is -3.71. The highest BCUT2D eigenvalue weighted by Gasteiger charge is 2.51. The van der Waals surface area contributed by atoms with Crippen LogP contribution < -0.4 is 4.90 Å². The van der Waals surface area contributed by atoms with E-state index in [9.17, 15) is 13.2 Å². The Hall–Kier alpha value is -2.18. The first-order valence-electron chi connectivity index (χ1n) is 6.79. The molecule has 0 bridgehead atoms. The Kier molecular flexibility index (Phi) is 3.72. The molecule has 0 N–H and O–H groups in total. The molecule has 0 unspecified atom stereocenters. The highest BCUT2D eigenvalue weighted by Crippen LogP contribution is 2.41. The third-order valence-electron chi connectivity index (χ3n) is 3.50. The van der Waals surface area contributed by atoms with Crippen LogP contribution in [0.15, 0.2) is 60.7 Å². The van der Waals surface area contributed by atoms with Crippen molar-refractivity contribution in [2.45, 2.75) is 12.1 Å². The second-order valence-electron chi connectivity index (χ2n) is 5.12. The minimum absolute atomic E-state index is 0.356. The van der Waals surface area contributed by atoms with Crippen LogP contribution in [0.5, 0.6) is 0 Å². The van der Waals surface area contributed by atoms with Gasteiger partial charge >= 0.3 is 0 Å². The van der Waals surface area contributed by atoms with Crippen LogP contribution >= 0.6 is 0 Å². The first-order chi connectivity index (χ1) is 10.5. The Balaban J connectivity index is 1.99. The van der Waals surface area contributed by atoms with E-state index in [0.29, 0.717) is 0 Å². The van der Waals surface area contributed by atoms with Gasteiger partial charge in [-0.3, -0.25) is 13.9 Å². The van der Waals surface area contributed by atoms with Crippen molar-refractivity contribution in [2.24, 2.45) is 0 Å². The predicted molar refractivity (Wildman–Crippen MR) is 82.8 cm³/mol. The molecular formula is C16H15NO4S. The van der Waals surface area contributed by atoms with Crippen molar-refractivity contribution in [2.75, 3.05) is 11.2 Å². The molecule has 5 nitrogen and oxygen atoms in total. The van der Waals surface area contributed by atoms with Crippen LogP contribution in [-0.4, -0.2) is 26.7 Å². The monoisotopic (exact) mass is 317 g/mol. The topological polar surface area (TPSA) is 63.7 Å². The molecule has 1 amide bonds. The fraction of sp³-hybridized carbons (Fsp3) is 0.188. The maximum atomic E-state index is 12.4. The summed E-state index contributed by atoms with van der Waals surface area (Å²) < 4.78 is 27.8. The molecule has 22 heavy (non-hydrogen) atoms. The summed E-state index contributed by atoms with van der Waals surface area (Å²) in [6.45, 7) is 0. The van der Waals surface area contributed by atoms with Crippen molar-refractivity contribution in [3.8, 4) is 0 Å². The largest absolute Gasteiger partial charge is 0.299 e. The SMILES string of the molecule is CS(=O)(=O)O[C@@H]1C(=O)N(c2ccccc2)[C@@H]1c1ccccc1. The fourth-order valence-electron chi connectivity index (χ4n) is 2.60. The lowest BCUT2D eigenvalue weighted by atomic mass is 9.90. The van der Waals surface area contributed by atoms with Crippen molar-refractivity contribution in [3.05, 3.63) is 66.2 Å². The van der Waals surface area contributed by atoms with Crippen LogP contribution in [-0.2, 0) is 19.1 Å². The van der Waals surface area contributed by atoms with Gasteiger partial charge in [0, 0.05) is 5.69 Å². The number of hydrogen-bond acceptors (Lipinski definition) is 4. The Morgan fingerprint density at radius 3 is 2.05 bits per heavy atom. The third kappa shape index (κ3) is 2.75. The van der Waals surface area contributed by atoms with Gasteiger partial charge in [-0.25, -0.2) is 0 Å². The molecule has 1 fully saturated rings. The number of β-lactam (4-membered cyclic amide) rings is 1. The first kappa shape index (κ1) is 14.7. The number of carbonyl (C=O) groups excluding carboxylic acids is 1.